The summed E-state index contributed by atoms with van der Waals surface area (Å²) < 4.78 is 5.71. The third-order valence-electron chi connectivity index (χ3n) is 3.35. The van der Waals surface area contributed by atoms with Crippen LogP contribution in [0.1, 0.15) is 5.76 Å². The minimum absolute atomic E-state index is 0.241. The molecule has 4 nitrogen and oxygen atoms in total. The molecule has 0 aliphatic carbocycles. The molecule has 0 aliphatic rings. The van der Waals surface area contributed by atoms with E-state index in [4.69, 9.17) is 16.6 Å². The minimum Gasteiger partial charge on any atom is -0.457 e. The Kier molecular flexibility index (Phi) is 5.39. The van der Waals surface area contributed by atoms with Crippen LogP contribution >= 0.6 is 12.2 Å². The average molecular weight is 348 g/mol. The summed E-state index contributed by atoms with van der Waals surface area (Å²) in [6, 6.07) is 22.8. The SMILES string of the molecule is O=C(/C=C/c1ccc(-c2ccccc2)o1)NC(=S)Nc1ccccc1. The van der Waals surface area contributed by atoms with Gasteiger partial charge in [0.2, 0.25) is 5.91 Å². The number of furan rings is 1. The molecule has 0 bridgehead atoms. The van der Waals surface area contributed by atoms with Crippen LogP contribution in [-0.2, 0) is 4.79 Å². The summed E-state index contributed by atoms with van der Waals surface area (Å²) in [5.41, 5.74) is 1.80. The topological polar surface area (TPSA) is 54.3 Å². The van der Waals surface area contributed by atoms with Crippen LogP contribution in [0.3, 0.4) is 0 Å². The Morgan fingerprint density at radius 1 is 0.920 bits per heavy atom. The number of rotatable bonds is 4. The van der Waals surface area contributed by atoms with E-state index in [9.17, 15) is 4.79 Å². The molecule has 1 heterocycles. The molecule has 0 radical (unpaired) electrons. The van der Waals surface area contributed by atoms with Gasteiger partial charge in [0, 0.05) is 17.3 Å². The predicted octanol–water partition coefficient (Wildman–Crippen LogP) is 4.47. The lowest BCUT2D eigenvalue weighted by Gasteiger charge is -2.07. The Bertz CT molecular complexity index is 886. The molecule has 3 rings (SSSR count). The number of anilines is 1. The van der Waals surface area contributed by atoms with Crippen molar-refractivity contribution in [3.63, 3.8) is 0 Å². The summed E-state index contributed by atoms with van der Waals surface area (Å²) in [6.07, 6.45) is 2.99. The third-order valence-corrected chi connectivity index (χ3v) is 3.56. The van der Waals surface area contributed by atoms with E-state index >= 15 is 0 Å². The summed E-state index contributed by atoms with van der Waals surface area (Å²) in [7, 11) is 0. The fourth-order valence-corrected chi connectivity index (χ4v) is 2.41. The number of hydrogen-bond acceptors (Lipinski definition) is 3. The van der Waals surface area contributed by atoms with Crippen molar-refractivity contribution in [3.8, 4) is 11.3 Å². The highest BCUT2D eigenvalue weighted by Gasteiger charge is 2.04. The number of thiocarbonyl (C=S) groups is 1. The Hall–Kier alpha value is -3.18. The van der Waals surface area contributed by atoms with Crippen molar-refractivity contribution in [2.45, 2.75) is 0 Å². The number of hydrogen-bond donors (Lipinski definition) is 2. The van der Waals surface area contributed by atoms with Gasteiger partial charge >= 0.3 is 0 Å². The average Bonchev–Trinajstić information content (AvgIpc) is 3.10. The maximum atomic E-state index is 11.9. The van der Waals surface area contributed by atoms with Crippen LogP contribution in [0.4, 0.5) is 5.69 Å². The molecular formula is C20H16N2O2S. The Balaban J connectivity index is 1.56. The number of benzene rings is 2. The molecule has 0 atom stereocenters. The molecule has 1 aromatic heterocycles. The van der Waals surface area contributed by atoms with E-state index in [1.54, 1.807) is 6.08 Å². The second-order valence-electron chi connectivity index (χ2n) is 5.21. The first-order chi connectivity index (χ1) is 12.2. The van der Waals surface area contributed by atoms with Crippen LogP contribution in [0.2, 0.25) is 0 Å². The summed E-state index contributed by atoms with van der Waals surface area (Å²) in [6.45, 7) is 0. The number of carbonyl (C=O) groups excluding carboxylic acids is 1. The number of nitrogens with one attached hydrogen (secondary N) is 2. The van der Waals surface area contributed by atoms with Crippen LogP contribution in [0.5, 0.6) is 0 Å². The first-order valence-corrected chi connectivity index (χ1v) is 8.12. The fraction of sp³-hybridized carbons (Fsp3) is 0. The van der Waals surface area contributed by atoms with E-state index in [-0.39, 0.29) is 11.0 Å². The van der Waals surface area contributed by atoms with Gasteiger partial charge in [0.05, 0.1) is 0 Å². The van der Waals surface area contributed by atoms with Gasteiger partial charge in [0.15, 0.2) is 5.11 Å². The summed E-state index contributed by atoms with van der Waals surface area (Å²) in [5, 5.41) is 5.77. The van der Waals surface area contributed by atoms with Gasteiger partial charge in [-0.25, -0.2) is 0 Å². The first-order valence-electron chi connectivity index (χ1n) is 7.71. The van der Waals surface area contributed by atoms with Crippen LogP contribution in [0.25, 0.3) is 17.4 Å². The Labute approximate surface area is 151 Å². The van der Waals surface area contributed by atoms with E-state index in [2.05, 4.69) is 10.6 Å². The molecule has 25 heavy (non-hydrogen) atoms. The van der Waals surface area contributed by atoms with E-state index in [1.165, 1.54) is 6.08 Å². The van der Waals surface area contributed by atoms with Crippen LogP contribution in [0.15, 0.2) is 83.3 Å². The molecule has 1 amide bonds. The lowest BCUT2D eigenvalue weighted by atomic mass is 10.2. The lowest BCUT2D eigenvalue weighted by molar-refractivity contribution is -0.115. The van der Waals surface area contributed by atoms with Crippen molar-refractivity contribution in [1.82, 2.24) is 5.32 Å². The van der Waals surface area contributed by atoms with Crippen molar-refractivity contribution >= 4 is 35.0 Å². The quantitative estimate of drug-likeness (QED) is 0.539. The first kappa shape index (κ1) is 16.7. The van der Waals surface area contributed by atoms with Crippen molar-refractivity contribution in [1.29, 1.82) is 0 Å². The molecule has 2 aromatic carbocycles. The Morgan fingerprint density at radius 2 is 1.60 bits per heavy atom. The maximum Gasteiger partial charge on any atom is 0.250 e. The molecular weight excluding hydrogens is 332 g/mol. The highest BCUT2D eigenvalue weighted by Crippen LogP contribution is 2.22. The van der Waals surface area contributed by atoms with Gasteiger partial charge in [-0.2, -0.15) is 0 Å². The minimum atomic E-state index is -0.328. The van der Waals surface area contributed by atoms with Gasteiger partial charge in [-0.15, -0.1) is 0 Å². The van der Waals surface area contributed by atoms with Crippen molar-refractivity contribution in [2.75, 3.05) is 5.32 Å². The molecule has 2 N–H and O–H groups in total. The number of amides is 1. The van der Waals surface area contributed by atoms with Crippen molar-refractivity contribution in [2.24, 2.45) is 0 Å². The highest BCUT2D eigenvalue weighted by atomic mass is 32.1. The second-order valence-corrected chi connectivity index (χ2v) is 5.62. The molecule has 0 saturated heterocycles. The fourth-order valence-electron chi connectivity index (χ4n) is 2.20. The van der Waals surface area contributed by atoms with Gasteiger partial charge in [0.25, 0.3) is 0 Å². The molecule has 0 spiro atoms. The van der Waals surface area contributed by atoms with Gasteiger partial charge in [0.1, 0.15) is 11.5 Å². The molecule has 0 unspecified atom stereocenters. The maximum absolute atomic E-state index is 11.9. The van der Waals surface area contributed by atoms with Crippen LogP contribution < -0.4 is 10.6 Å². The molecule has 0 aliphatic heterocycles. The van der Waals surface area contributed by atoms with Gasteiger partial charge in [-0.1, -0.05) is 48.5 Å². The monoisotopic (exact) mass is 348 g/mol. The van der Waals surface area contributed by atoms with Gasteiger partial charge < -0.3 is 9.73 Å². The summed E-state index contributed by atoms with van der Waals surface area (Å²) >= 11 is 5.11. The number of para-hydroxylation sites is 1. The third kappa shape index (κ3) is 4.89. The zero-order valence-corrected chi connectivity index (χ0v) is 14.1. The standard InChI is InChI=1S/C20H16N2O2S/c23-19(22-20(25)21-16-9-5-2-6-10-16)14-12-17-11-13-18(24-17)15-7-3-1-4-8-15/h1-14H,(H2,21,22,23,25)/b14-12+. The van der Waals surface area contributed by atoms with Crippen molar-refractivity contribution < 1.29 is 9.21 Å². The van der Waals surface area contributed by atoms with Crippen LogP contribution in [-0.4, -0.2) is 11.0 Å². The predicted molar refractivity (Wildman–Crippen MR) is 104 cm³/mol. The Morgan fingerprint density at radius 3 is 2.32 bits per heavy atom. The lowest BCUT2D eigenvalue weighted by Crippen LogP contribution is -2.32. The van der Waals surface area contributed by atoms with E-state index in [0.29, 0.717) is 5.76 Å². The zero-order valence-electron chi connectivity index (χ0n) is 13.3. The smallest absolute Gasteiger partial charge is 0.250 e. The molecule has 5 heteroatoms. The van der Waals surface area contributed by atoms with Crippen LogP contribution in [0, 0.1) is 0 Å². The van der Waals surface area contributed by atoms with Gasteiger partial charge in [-0.05, 0) is 42.6 Å². The van der Waals surface area contributed by atoms with E-state index in [0.717, 1.165) is 17.0 Å². The van der Waals surface area contributed by atoms with Crippen molar-refractivity contribution in [3.05, 3.63) is 84.6 Å². The molecule has 3 aromatic rings. The van der Waals surface area contributed by atoms with E-state index in [1.807, 2.05) is 72.8 Å². The largest absolute Gasteiger partial charge is 0.457 e. The molecule has 0 fully saturated rings. The van der Waals surface area contributed by atoms with Gasteiger partial charge in [-0.3, -0.25) is 10.1 Å². The second kappa shape index (κ2) is 8.08. The molecule has 0 saturated carbocycles. The summed E-state index contributed by atoms with van der Waals surface area (Å²) in [4.78, 5) is 11.9. The normalized spacial score (nSPS) is 10.6. The zero-order chi connectivity index (χ0) is 17.5. The van der Waals surface area contributed by atoms with E-state index < -0.39 is 0 Å². The number of carbonyl (C=O) groups is 1. The molecule has 124 valence electrons. The summed E-state index contributed by atoms with van der Waals surface area (Å²) in [5.74, 6) is 1.02. The highest BCUT2D eigenvalue weighted by molar-refractivity contribution is 7.80.